The Bertz CT molecular complexity index is 670. The van der Waals surface area contributed by atoms with Gasteiger partial charge in [-0.3, -0.25) is 4.79 Å². The number of amides is 1. The van der Waals surface area contributed by atoms with Crippen molar-refractivity contribution < 1.29 is 14.3 Å². The normalized spacial score (nSPS) is 10.6. The van der Waals surface area contributed by atoms with E-state index in [-0.39, 0.29) is 12.5 Å². The molecule has 0 bridgehead atoms. The van der Waals surface area contributed by atoms with E-state index < -0.39 is 5.97 Å². The van der Waals surface area contributed by atoms with Gasteiger partial charge in [0.15, 0.2) is 6.61 Å². The molecule has 0 aliphatic rings. The van der Waals surface area contributed by atoms with E-state index in [4.69, 9.17) is 4.74 Å². The number of hydrogen-bond acceptors (Lipinski definition) is 4. The van der Waals surface area contributed by atoms with E-state index in [9.17, 15) is 9.59 Å². The number of anilines is 1. The smallest absolute Gasteiger partial charge is 0.331 e. The molecule has 1 aromatic heterocycles. The third-order valence-corrected chi connectivity index (χ3v) is 3.62. The Morgan fingerprint density at radius 1 is 1.23 bits per heavy atom. The van der Waals surface area contributed by atoms with E-state index >= 15 is 0 Å². The van der Waals surface area contributed by atoms with E-state index in [0.717, 1.165) is 16.0 Å². The highest BCUT2D eigenvalue weighted by Crippen LogP contribution is 2.13. The average Bonchev–Trinajstić information content (AvgIpc) is 2.95. The first-order chi connectivity index (χ1) is 10.5. The molecule has 0 saturated heterocycles. The molecule has 1 heterocycles. The summed E-state index contributed by atoms with van der Waals surface area (Å²) in [5.74, 6) is -0.896. The second-order valence-corrected chi connectivity index (χ2v) is 5.86. The van der Waals surface area contributed by atoms with Gasteiger partial charge in [-0.05, 0) is 54.6 Å². The largest absolute Gasteiger partial charge is 0.452 e. The topological polar surface area (TPSA) is 55.4 Å². The van der Waals surface area contributed by atoms with Crippen LogP contribution >= 0.6 is 11.3 Å². The number of carbonyl (C=O) groups excluding carboxylic acids is 2. The van der Waals surface area contributed by atoms with Crippen LogP contribution < -0.4 is 5.32 Å². The number of thiophene rings is 1. The van der Waals surface area contributed by atoms with Crippen molar-refractivity contribution in [3.05, 3.63) is 57.8 Å². The van der Waals surface area contributed by atoms with Crippen molar-refractivity contribution in [3.63, 3.8) is 0 Å². The first kappa shape index (κ1) is 16.0. The molecule has 0 unspecified atom stereocenters. The molecule has 5 heteroatoms. The maximum Gasteiger partial charge on any atom is 0.331 e. The zero-order chi connectivity index (χ0) is 15.9. The molecular formula is C17H17NO3S. The van der Waals surface area contributed by atoms with Crippen LogP contribution in [0, 0.1) is 13.8 Å². The number of benzene rings is 1. The molecule has 0 radical (unpaired) electrons. The minimum atomic E-state index is -0.538. The highest BCUT2D eigenvalue weighted by Gasteiger charge is 2.06. The molecule has 2 aromatic rings. The molecule has 4 nitrogen and oxygen atoms in total. The van der Waals surface area contributed by atoms with Crippen molar-refractivity contribution in [2.45, 2.75) is 13.8 Å². The highest BCUT2D eigenvalue weighted by molar-refractivity contribution is 7.10. The van der Waals surface area contributed by atoms with E-state index in [1.807, 2.05) is 49.6 Å². The molecule has 2 rings (SSSR count). The molecule has 0 spiro atoms. The summed E-state index contributed by atoms with van der Waals surface area (Å²) in [6.45, 7) is 3.61. The monoisotopic (exact) mass is 315 g/mol. The summed E-state index contributed by atoms with van der Waals surface area (Å²) in [6, 6.07) is 9.53. The third kappa shape index (κ3) is 5.18. The van der Waals surface area contributed by atoms with Crippen LogP contribution in [-0.2, 0) is 14.3 Å². The Labute approximate surface area is 133 Å². The van der Waals surface area contributed by atoms with Crippen molar-refractivity contribution in [1.82, 2.24) is 0 Å². The number of rotatable bonds is 5. The van der Waals surface area contributed by atoms with Gasteiger partial charge in [0.25, 0.3) is 5.91 Å². The standard InChI is InChI=1S/C17H17NO3S/c1-12-8-13(2)10-14(9-12)18-16(19)11-21-17(20)6-5-15-4-3-7-22-15/h3-10H,11H2,1-2H3,(H,18,19)/b6-5+. The van der Waals surface area contributed by atoms with Gasteiger partial charge in [0, 0.05) is 16.6 Å². The van der Waals surface area contributed by atoms with Crippen LogP contribution in [0.4, 0.5) is 5.69 Å². The molecule has 22 heavy (non-hydrogen) atoms. The minimum absolute atomic E-state index is 0.305. The lowest BCUT2D eigenvalue weighted by Crippen LogP contribution is -2.20. The Morgan fingerprint density at radius 2 is 1.95 bits per heavy atom. The van der Waals surface area contributed by atoms with Gasteiger partial charge in [-0.1, -0.05) is 12.1 Å². The summed E-state index contributed by atoms with van der Waals surface area (Å²) in [5.41, 5.74) is 2.82. The Kier molecular flexibility index (Phi) is 5.49. The average molecular weight is 315 g/mol. The summed E-state index contributed by atoms with van der Waals surface area (Å²) in [7, 11) is 0. The molecule has 1 aromatic carbocycles. The van der Waals surface area contributed by atoms with Crippen LogP contribution in [0.5, 0.6) is 0 Å². The predicted molar refractivity (Wildman–Crippen MR) is 88.9 cm³/mol. The van der Waals surface area contributed by atoms with Gasteiger partial charge >= 0.3 is 5.97 Å². The van der Waals surface area contributed by atoms with Crippen molar-refractivity contribution in [2.24, 2.45) is 0 Å². The van der Waals surface area contributed by atoms with E-state index in [1.165, 1.54) is 17.4 Å². The number of nitrogens with one attached hydrogen (secondary N) is 1. The summed E-state index contributed by atoms with van der Waals surface area (Å²) < 4.78 is 4.90. The highest BCUT2D eigenvalue weighted by atomic mass is 32.1. The van der Waals surface area contributed by atoms with Crippen LogP contribution in [-0.4, -0.2) is 18.5 Å². The van der Waals surface area contributed by atoms with Gasteiger partial charge in [-0.15, -0.1) is 11.3 Å². The number of ether oxygens (including phenoxy) is 1. The number of aryl methyl sites for hydroxylation is 2. The summed E-state index contributed by atoms with van der Waals surface area (Å²) in [5, 5.41) is 4.63. The first-order valence-electron chi connectivity index (χ1n) is 6.79. The fourth-order valence-corrected chi connectivity index (χ4v) is 2.58. The molecule has 0 atom stereocenters. The summed E-state index contributed by atoms with van der Waals surface area (Å²) in [6.07, 6.45) is 2.98. The quantitative estimate of drug-likeness (QED) is 0.678. The second-order valence-electron chi connectivity index (χ2n) is 4.88. The maximum atomic E-state index is 11.8. The van der Waals surface area contributed by atoms with E-state index in [1.54, 1.807) is 6.08 Å². The van der Waals surface area contributed by atoms with Crippen LogP contribution in [0.3, 0.4) is 0 Å². The molecule has 0 fully saturated rings. The lowest BCUT2D eigenvalue weighted by molar-refractivity contribution is -0.142. The molecule has 0 aliphatic heterocycles. The fourth-order valence-electron chi connectivity index (χ4n) is 1.96. The lowest BCUT2D eigenvalue weighted by Gasteiger charge is -2.07. The van der Waals surface area contributed by atoms with Gasteiger partial charge in [0.05, 0.1) is 0 Å². The SMILES string of the molecule is Cc1cc(C)cc(NC(=O)COC(=O)/C=C/c2cccs2)c1. The Morgan fingerprint density at radius 3 is 2.59 bits per heavy atom. The van der Waals surface area contributed by atoms with Gasteiger partial charge in [0.2, 0.25) is 0 Å². The van der Waals surface area contributed by atoms with E-state index in [2.05, 4.69) is 5.32 Å². The van der Waals surface area contributed by atoms with Crippen molar-refractivity contribution >= 4 is 35.0 Å². The zero-order valence-corrected chi connectivity index (χ0v) is 13.3. The van der Waals surface area contributed by atoms with Crippen LogP contribution in [0.2, 0.25) is 0 Å². The molecular weight excluding hydrogens is 298 g/mol. The number of esters is 1. The van der Waals surface area contributed by atoms with Crippen LogP contribution in [0.25, 0.3) is 6.08 Å². The van der Waals surface area contributed by atoms with Crippen molar-refractivity contribution in [3.8, 4) is 0 Å². The molecule has 0 aliphatic carbocycles. The molecule has 1 amide bonds. The Hall–Kier alpha value is -2.40. The second kappa shape index (κ2) is 7.56. The maximum absolute atomic E-state index is 11.8. The van der Waals surface area contributed by atoms with Gasteiger partial charge < -0.3 is 10.1 Å². The van der Waals surface area contributed by atoms with Gasteiger partial charge in [-0.2, -0.15) is 0 Å². The fraction of sp³-hybridized carbons (Fsp3) is 0.176. The van der Waals surface area contributed by atoms with Gasteiger partial charge in [-0.25, -0.2) is 4.79 Å². The minimum Gasteiger partial charge on any atom is -0.452 e. The van der Waals surface area contributed by atoms with Crippen molar-refractivity contribution in [1.29, 1.82) is 0 Å². The Balaban J connectivity index is 1.81. The van der Waals surface area contributed by atoms with Crippen LogP contribution in [0.15, 0.2) is 41.8 Å². The third-order valence-electron chi connectivity index (χ3n) is 2.78. The van der Waals surface area contributed by atoms with Gasteiger partial charge in [0.1, 0.15) is 0 Å². The molecule has 0 saturated carbocycles. The van der Waals surface area contributed by atoms with Crippen molar-refractivity contribution in [2.75, 3.05) is 11.9 Å². The molecule has 1 N–H and O–H groups in total. The number of hydrogen-bond donors (Lipinski definition) is 1. The summed E-state index contributed by atoms with van der Waals surface area (Å²) >= 11 is 1.52. The zero-order valence-electron chi connectivity index (χ0n) is 12.5. The van der Waals surface area contributed by atoms with Crippen LogP contribution in [0.1, 0.15) is 16.0 Å². The summed E-state index contributed by atoms with van der Waals surface area (Å²) in [4.78, 5) is 24.2. The predicted octanol–water partition coefficient (Wildman–Crippen LogP) is 3.56. The lowest BCUT2D eigenvalue weighted by atomic mass is 10.1. The number of carbonyl (C=O) groups is 2. The first-order valence-corrected chi connectivity index (χ1v) is 7.67. The van der Waals surface area contributed by atoms with E-state index in [0.29, 0.717) is 5.69 Å². The molecule has 114 valence electrons.